The molecule has 34 heavy (non-hydrogen) atoms. The molecule has 2 heterocycles. The maximum absolute atomic E-state index is 12.7. The first-order valence-corrected chi connectivity index (χ1v) is 12.9. The minimum absolute atomic E-state index is 0.0480. The highest BCUT2D eigenvalue weighted by molar-refractivity contribution is 8.18. The zero-order valence-electron chi connectivity index (χ0n) is 19.0. The Morgan fingerprint density at radius 2 is 1.79 bits per heavy atom. The molecule has 0 N–H and O–H groups in total. The normalized spacial score (nSPS) is 20.9. The SMILES string of the molecule is CCOC(=O)C1=C(C)N2C(=NC3=C(CCC/C3=C\c3ccc(Cl)cc3)[C@H]2c2ccc(Cl)cc2)S1. The average Bonchev–Trinajstić information content (AvgIpc) is 3.16. The lowest BCUT2D eigenvalue weighted by Gasteiger charge is -2.39. The third-order valence-corrected chi connectivity index (χ3v) is 7.88. The predicted molar refractivity (Wildman–Crippen MR) is 141 cm³/mol. The summed E-state index contributed by atoms with van der Waals surface area (Å²) in [7, 11) is 0. The lowest BCUT2D eigenvalue weighted by atomic mass is 9.83. The molecule has 2 aromatic rings. The molecule has 5 rings (SSSR count). The van der Waals surface area contributed by atoms with E-state index in [-0.39, 0.29) is 12.0 Å². The third-order valence-electron chi connectivity index (χ3n) is 6.24. The van der Waals surface area contributed by atoms with Crippen LogP contribution in [0.4, 0.5) is 0 Å². The fourth-order valence-corrected chi connectivity index (χ4v) is 6.00. The van der Waals surface area contributed by atoms with Crippen molar-refractivity contribution in [1.29, 1.82) is 0 Å². The van der Waals surface area contributed by atoms with Gasteiger partial charge in [-0.3, -0.25) is 0 Å². The van der Waals surface area contributed by atoms with Gasteiger partial charge in [0.15, 0.2) is 5.17 Å². The number of halogens is 2. The van der Waals surface area contributed by atoms with E-state index in [2.05, 4.69) is 23.1 Å². The lowest BCUT2D eigenvalue weighted by Crippen LogP contribution is -2.34. The number of fused-ring (bicyclic) bond motifs is 1. The molecule has 0 bridgehead atoms. The molecule has 4 nitrogen and oxygen atoms in total. The molecule has 0 fully saturated rings. The molecule has 1 atom stereocenters. The van der Waals surface area contributed by atoms with E-state index < -0.39 is 0 Å². The number of esters is 1. The lowest BCUT2D eigenvalue weighted by molar-refractivity contribution is -0.137. The summed E-state index contributed by atoms with van der Waals surface area (Å²) in [6.07, 6.45) is 5.14. The molecule has 7 heteroatoms. The van der Waals surface area contributed by atoms with Gasteiger partial charge in [0.05, 0.1) is 18.3 Å². The summed E-state index contributed by atoms with van der Waals surface area (Å²) in [5.74, 6) is -0.299. The fourth-order valence-electron chi connectivity index (χ4n) is 4.70. The summed E-state index contributed by atoms with van der Waals surface area (Å²) in [5.41, 5.74) is 6.60. The highest BCUT2D eigenvalue weighted by atomic mass is 35.5. The van der Waals surface area contributed by atoms with Gasteiger partial charge < -0.3 is 9.64 Å². The maximum atomic E-state index is 12.7. The molecule has 2 aliphatic heterocycles. The van der Waals surface area contributed by atoms with Crippen molar-refractivity contribution in [2.45, 2.75) is 39.2 Å². The molecule has 0 saturated heterocycles. The number of carbonyl (C=O) groups excluding carboxylic acids is 1. The van der Waals surface area contributed by atoms with Gasteiger partial charge in [0.1, 0.15) is 4.91 Å². The van der Waals surface area contributed by atoms with Crippen LogP contribution in [0.3, 0.4) is 0 Å². The second-order valence-electron chi connectivity index (χ2n) is 8.40. The first kappa shape index (κ1) is 23.3. The molecule has 1 aliphatic carbocycles. The van der Waals surface area contributed by atoms with Gasteiger partial charge in [0, 0.05) is 15.7 Å². The Morgan fingerprint density at radius 1 is 1.12 bits per heavy atom. The van der Waals surface area contributed by atoms with Crippen LogP contribution in [-0.2, 0) is 9.53 Å². The van der Waals surface area contributed by atoms with Gasteiger partial charge in [0.2, 0.25) is 0 Å². The second kappa shape index (κ2) is 9.65. The second-order valence-corrected chi connectivity index (χ2v) is 10.3. The minimum atomic E-state index is -0.299. The topological polar surface area (TPSA) is 41.9 Å². The highest BCUT2D eigenvalue weighted by Crippen LogP contribution is 2.51. The number of nitrogens with zero attached hydrogens (tertiary/aromatic N) is 2. The number of rotatable bonds is 4. The molecular weight excluding hydrogens is 487 g/mol. The molecule has 0 spiro atoms. The molecule has 2 aromatic carbocycles. The largest absolute Gasteiger partial charge is 0.462 e. The smallest absolute Gasteiger partial charge is 0.346 e. The number of hydrogen-bond acceptors (Lipinski definition) is 5. The van der Waals surface area contributed by atoms with E-state index in [0.29, 0.717) is 16.5 Å². The van der Waals surface area contributed by atoms with E-state index in [1.807, 2.05) is 50.2 Å². The van der Waals surface area contributed by atoms with Crippen LogP contribution < -0.4 is 0 Å². The Bertz CT molecular complexity index is 1260. The monoisotopic (exact) mass is 510 g/mol. The summed E-state index contributed by atoms with van der Waals surface area (Å²) >= 11 is 13.7. The summed E-state index contributed by atoms with van der Waals surface area (Å²) in [6.45, 7) is 4.14. The van der Waals surface area contributed by atoms with Gasteiger partial charge >= 0.3 is 5.97 Å². The highest BCUT2D eigenvalue weighted by Gasteiger charge is 2.42. The number of ether oxygens (including phenoxy) is 1. The van der Waals surface area contributed by atoms with E-state index in [4.69, 9.17) is 32.9 Å². The van der Waals surface area contributed by atoms with Crippen molar-refractivity contribution in [3.05, 3.63) is 97.1 Å². The van der Waals surface area contributed by atoms with E-state index in [1.54, 1.807) is 0 Å². The van der Waals surface area contributed by atoms with Crippen molar-refractivity contribution >= 4 is 52.2 Å². The van der Waals surface area contributed by atoms with Crippen molar-refractivity contribution < 1.29 is 9.53 Å². The Kier molecular flexibility index (Phi) is 6.61. The van der Waals surface area contributed by atoms with Gasteiger partial charge in [-0.15, -0.1) is 0 Å². The predicted octanol–water partition coefficient (Wildman–Crippen LogP) is 7.77. The number of amidine groups is 1. The van der Waals surface area contributed by atoms with Gasteiger partial charge in [-0.2, -0.15) is 0 Å². The average molecular weight is 511 g/mol. The number of hydrogen-bond donors (Lipinski definition) is 0. The number of benzene rings is 2. The maximum Gasteiger partial charge on any atom is 0.346 e. The van der Waals surface area contributed by atoms with Crippen LogP contribution in [0.2, 0.25) is 10.0 Å². The zero-order chi connectivity index (χ0) is 23.8. The molecule has 0 radical (unpaired) electrons. The van der Waals surface area contributed by atoms with Crippen molar-refractivity contribution in [3.63, 3.8) is 0 Å². The molecule has 0 amide bonds. The van der Waals surface area contributed by atoms with Gasteiger partial charge in [-0.05, 0) is 97.5 Å². The van der Waals surface area contributed by atoms with Crippen molar-refractivity contribution in [2.75, 3.05) is 6.61 Å². The first-order valence-electron chi connectivity index (χ1n) is 11.3. The number of carbonyl (C=O) groups is 1. The molecular formula is C27H24Cl2N2O2S. The standard InChI is InChI=1S/C27H24Cl2N2O2S/c1-3-33-26(32)25-16(2)31-24(18-9-13-21(29)14-10-18)22-6-4-5-19(23(22)30-27(31)34-25)15-17-7-11-20(28)12-8-17/h7-15,24H,3-6H2,1-2H3/b19-15+/t24-/m1/s1. The number of aliphatic imine (C=N–C) groups is 1. The third kappa shape index (κ3) is 4.33. The molecule has 0 aromatic heterocycles. The van der Waals surface area contributed by atoms with Gasteiger partial charge in [-0.25, -0.2) is 9.79 Å². The van der Waals surface area contributed by atoms with Gasteiger partial charge in [-0.1, -0.05) is 47.5 Å². The quantitative estimate of drug-likeness (QED) is 0.394. The fraction of sp³-hybridized carbons (Fsp3) is 0.259. The van der Waals surface area contributed by atoms with E-state index >= 15 is 0 Å². The summed E-state index contributed by atoms with van der Waals surface area (Å²) < 4.78 is 5.33. The van der Waals surface area contributed by atoms with Crippen LogP contribution >= 0.6 is 35.0 Å². The van der Waals surface area contributed by atoms with Crippen LogP contribution in [0.5, 0.6) is 0 Å². The van der Waals surface area contributed by atoms with E-state index in [9.17, 15) is 4.79 Å². The number of allylic oxidation sites excluding steroid dienone is 2. The molecule has 0 unspecified atom stereocenters. The van der Waals surface area contributed by atoms with Crippen LogP contribution in [-0.4, -0.2) is 22.6 Å². The van der Waals surface area contributed by atoms with Crippen LogP contribution in [0, 0.1) is 0 Å². The molecule has 3 aliphatic rings. The van der Waals surface area contributed by atoms with Crippen LogP contribution in [0.1, 0.15) is 50.3 Å². The summed E-state index contributed by atoms with van der Waals surface area (Å²) in [4.78, 5) is 20.6. The van der Waals surface area contributed by atoms with Crippen molar-refractivity contribution in [3.8, 4) is 0 Å². The van der Waals surface area contributed by atoms with Crippen molar-refractivity contribution in [2.24, 2.45) is 4.99 Å². The Morgan fingerprint density at radius 3 is 2.47 bits per heavy atom. The van der Waals surface area contributed by atoms with E-state index in [0.717, 1.165) is 52.0 Å². The summed E-state index contributed by atoms with van der Waals surface area (Å²) in [5, 5.41) is 2.23. The Hall–Kier alpha value is -2.47. The zero-order valence-corrected chi connectivity index (χ0v) is 21.3. The van der Waals surface area contributed by atoms with Gasteiger partial charge in [0.25, 0.3) is 0 Å². The molecule has 174 valence electrons. The minimum Gasteiger partial charge on any atom is -0.462 e. The van der Waals surface area contributed by atoms with Crippen LogP contribution in [0.15, 0.2) is 81.0 Å². The van der Waals surface area contributed by atoms with Crippen LogP contribution in [0.25, 0.3) is 6.08 Å². The first-order chi connectivity index (χ1) is 16.5. The molecule has 0 saturated carbocycles. The Labute approximate surface area is 214 Å². The Balaban J connectivity index is 1.64. The summed E-state index contributed by atoms with van der Waals surface area (Å²) in [6, 6.07) is 15.8. The van der Waals surface area contributed by atoms with E-state index in [1.165, 1.54) is 22.9 Å². The number of thioether (sulfide) groups is 1. The van der Waals surface area contributed by atoms with Crippen molar-refractivity contribution in [1.82, 2.24) is 4.90 Å².